The highest BCUT2D eigenvalue weighted by Gasteiger charge is 2.19. The number of benzene rings is 2. The number of imidazole rings is 1. The van der Waals surface area contributed by atoms with Crippen molar-refractivity contribution in [1.82, 2.24) is 14.5 Å². The molecule has 0 aliphatic carbocycles. The van der Waals surface area contributed by atoms with Gasteiger partial charge in [0.05, 0.1) is 0 Å². The highest BCUT2D eigenvalue weighted by atomic mass is 16.5. The number of carbonyl (C=O) groups excluding carboxylic acids is 1. The van der Waals surface area contributed by atoms with E-state index in [-0.39, 0.29) is 5.91 Å². The van der Waals surface area contributed by atoms with Gasteiger partial charge in [0.15, 0.2) is 6.10 Å². The molecule has 3 rings (SSSR count). The molecular formula is C21H25N3O2. The average Bonchev–Trinajstić information content (AvgIpc) is 3.05. The molecule has 0 fully saturated rings. The summed E-state index contributed by atoms with van der Waals surface area (Å²) in [5, 5.41) is 2.26. The smallest absolute Gasteiger partial charge is 0.263 e. The molecule has 0 radical (unpaired) electrons. The first-order valence-electron chi connectivity index (χ1n) is 8.91. The molecule has 1 heterocycles. The van der Waals surface area contributed by atoms with Crippen molar-refractivity contribution in [3.8, 4) is 5.75 Å². The van der Waals surface area contributed by atoms with Crippen LogP contribution in [0.2, 0.25) is 0 Å². The van der Waals surface area contributed by atoms with Crippen molar-refractivity contribution in [2.75, 3.05) is 13.6 Å². The minimum atomic E-state index is -0.519. The van der Waals surface area contributed by atoms with E-state index in [1.54, 1.807) is 18.0 Å². The van der Waals surface area contributed by atoms with E-state index in [0.717, 1.165) is 29.4 Å². The molecule has 26 heavy (non-hydrogen) atoms. The molecule has 0 bridgehead atoms. The Morgan fingerprint density at radius 1 is 1.23 bits per heavy atom. The zero-order valence-corrected chi connectivity index (χ0v) is 15.6. The maximum absolute atomic E-state index is 12.6. The number of hydrogen-bond donors (Lipinski definition) is 0. The van der Waals surface area contributed by atoms with Crippen LogP contribution in [-0.4, -0.2) is 40.1 Å². The quantitative estimate of drug-likeness (QED) is 0.655. The molecule has 0 saturated carbocycles. The fourth-order valence-electron chi connectivity index (χ4n) is 3.03. The number of aryl methyl sites for hydroxylation is 2. The Morgan fingerprint density at radius 2 is 2.00 bits per heavy atom. The van der Waals surface area contributed by atoms with Gasteiger partial charge < -0.3 is 14.2 Å². The van der Waals surface area contributed by atoms with E-state index in [1.165, 1.54) is 0 Å². The van der Waals surface area contributed by atoms with Gasteiger partial charge in [-0.25, -0.2) is 4.98 Å². The molecule has 0 saturated heterocycles. The summed E-state index contributed by atoms with van der Waals surface area (Å²) < 4.78 is 7.88. The van der Waals surface area contributed by atoms with Crippen LogP contribution in [0.1, 0.15) is 19.2 Å². The van der Waals surface area contributed by atoms with Gasteiger partial charge in [0.2, 0.25) is 0 Å². The van der Waals surface area contributed by atoms with E-state index in [9.17, 15) is 4.79 Å². The minimum Gasteiger partial charge on any atom is -0.481 e. The Kier molecular flexibility index (Phi) is 5.56. The van der Waals surface area contributed by atoms with E-state index in [4.69, 9.17) is 4.74 Å². The van der Waals surface area contributed by atoms with Gasteiger partial charge in [0.1, 0.15) is 11.6 Å². The normalized spacial score (nSPS) is 12.1. The Labute approximate surface area is 154 Å². The van der Waals surface area contributed by atoms with Crippen LogP contribution in [0.15, 0.2) is 54.9 Å². The van der Waals surface area contributed by atoms with Crippen molar-refractivity contribution in [2.45, 2.75) is 25.9 Å². The first-order valence-corrected chi connectivity index (χ1v) is 8.91. The third-order valence-electron chi connectivity index (χ3n) is 4.57. The molecule has 2 aromatic carbocycles. The molecule has 0 unspecified atom stereocenters. The van der Waals surface area contributed by atoms with E-state index in [1.807, 2.05) is 61.3 Å². The Hall–Kier alpha value is -2.82. The first kappa shape index (κ1) is 18.0. The van der Waals surface area contributed by atoms with Crippen LogP contribution in [-0.2, 0) is 18.3 Å². The van der Waals surface area contributed by atoms with Gasteiger partial charge in [0.25, 0.3) is 5.91 Å². The molecule has 1 aromatic heterocycles. The van der Waals surface area contributed by atoms with Crippen LogP contribution in [0.5, 0.6) is 5.75 Å². The number of fused-ring (bicyclic) bond motifs is 1. The molecule has 136 valence electrons. The number of likely N-dealkylation sites (N-methyl/N-ethyl adjacent to an activating group) is 1. The molecule has 0 spiro atoms. The predicted molar refractivity (Wildman–Crippen MR) is 103 cm³/mol. The SMILES string of the molecule is C[C@@H](Oc1ccc2ccccc2c1)C(=O)N(C)CCCc1nccn1C. The fourth-order valence-corrected chi connectivity index (χ4v) is 3.03. The fraction of sp³-hybridized carbons (Fsp3) is 0.333. The lowest BCUT2D eigenvalue weighted by molar-refractivity contribution is -0.136. The molecule has 5 heteroatoms. The van der Waals surface area contributed by atoms with Crippen molar-refractivity contribution in [3.63, 3.8) is 0 Å². The summed E-state index contributed by atoms with van der Waals surface area (Å²) in [4.78, 5) is 18.6. The molecule has 1 amide bonds. The van der Waals surface area contributed by atoms with Crippen LogP contribution in [0.3, 0.4) is 0 Å². The van der Waals surface area contributed by atoms with Crippen molar-refractivity contribution in [1.29, 1.82) is 0 Å². The van der Waals surface area contributed by atoms with Crippen molar-refractivity contribution in [2.24, 2.45) is 7.05 Å². The Bertz CT molecular complexity index is 888. The topological polar surface area (TPSA) is 47.4 Å². The maximum Gasteiger partial charge on any atom is 0.263 e. The summed E-state index contributed by atoms with van der Waals surface area (Å²) in [5.41, 5.74) is 0. The van der Waals surface area contributed by atoms with Gasteiger partial charge in [-0.1, -0.05) is 30.3 Å². The van der Waals surface area contributed by atoms with Crippen LogP contribution in [0.4, 0.5) is 0 Å². The van der Waals surface area contributed by atoms with E-state index < -0.39 is 6.10 Å². The molecule has 5 nitrogen and oxygen atoms in total. The zero-order valence-electron chi connectivity index (χ0n) is 15.6. The summed E-state index contributed by atoms with van der Waals surface area (Å²) >= 11 is 0. The number of ether oxygens (including phenoxy) is 1. The third kappa shape index (κ3) is 4.23. The van der Waals surface area contributed by atoms with E-state index in [2.05, 4.69) is 11.1 Å². The second kappa shape index (κ2) is 8.04. The first-order chi connectivity index (χ1) is 12.5. The molecule has 1 atom stereocenters. The van der Waals surface area contributed by atoms with Crippen LogP contribution in [0, 0.1) is 0 Å². The lowest BCUT2D eigenvalue weighted by Crippen LogP contribution is -2.38. The lowest BCUT2D eigenvalue weighted by atomic mass is 10.1. The van der Waals surface area contributed by atoms with E-state index >= 15 is 0 Å². The van der Waals surface area contributed by atoms with Gasteiger partial charge in [-0.3, -0.25) is 4.79 Å². The molecule has 0 aliphatic heterocycles. The van der Waals surface area contributed by atoms with Crippen LogP contribution < -0.4 is 4.74 Å². The molecule has 3 aromatic rings. The van der Waals surface area contributed by atoms with Crippen LogP contribution >= 0.6 is 0 Å². The van der Waals surface area contributed by atoms with E-state index in [0.29, 0.717) is 12.3 Å². The Balaban J connectivity index is 1.53. The minimum absolute atomic E-state index is 0.0157. The number of nitrogens with zero attached hydrogens (tertiary/aromatic N) is 3. The molecule has 0 aliphatic rings. The highest BCUT2D eigenvalue weighted by molar-refractivity contribution is 5.84. The zero-order chi connectivity index (χ0) is 18.5. The van der Waals surface area contributed by atoms with Crippen molar-refractivity contribution < 1.29 is 9.53 Å². The summed E-state index contributed by atoms with van der Waals surface area (Å²) in [7, 11) is 3.80. The van der Waals surface area contributed by atoms with Crippen LogP contribution in [0.25, 0.3) is 10.8 Å². The number of carbonyl (C=O) groups is 1. The number of aromatic nitrogens is 2. The summed E-state index contributed by atoms with van der Waals surface area (Å²) in [5.74, 6) is 1.73. The Morgan fingerprint density at radius 3 is 2.73 bits per heavy atom. The molecular weight excluding hydrogens is 326 g/mol. The third-order valence-corrected chi connectivity index (χ3v) is 4.57. The highest BCUT2D eigenvalue weighted by Crippen LogP contribution is 2.21. The molecule has 0 N–H and O–H groups in total. The largest absolute Gasteiger partial charge is 0.481 e. The summed E-state index contributed by atoms with van der Waals surface area (Å²) in [6.45, 7) is 2.48. The number of rotatable bonds is 7. The van der Waals surface area contributed by atoms with Gasteiger partial charge in [-0.15, -0.1) is 0 Å². The second-order valence-corrected chi connectivity index (χ2v) is 6.59. The average molecular weight is 351 g/mol. The number of amides is 1. The monoisotopic (exact) mass is 351 g/mol. The lowest BCUT2D eigenvalue weighted by Gasteiger charge is -2.22. The van der Waals surface area contributed by atoms with Crippen molar-refractivity contribution >= 4 is 16.7 Å². The number of hydrogen-bond acceptors (Lipinski definition) is 3. The van der Waals surface area contributed by atoms with Crippen molar-refractivity contribution in [3.05, 3.63) is 60.7 Å². The van der Waals surface area contributed by atoms with Gasteiger partial charge in [0, 0.05) is 39.5 Å². The maximum atomic E-state index is 12.6. The van der Waals surface area contributed by atoms with Gasteiger partial charge >= 0.3 is 0 Å². The summed E-state index contributed by atoms with van der Waals surface area (Å²) in [6, 6.07) is 14.0. The van der Waals surface area contributed by atoms with Gasteiger partial charge in [-0.2, -0.15) is 0 Å². The summed E-state index contributed by atoms with van der Waals surface area (Å²) in [6.07, 6.45) is 4.93. The standard InChI is InChI=1S/C21H25N3O2/c1-16(26-19-11-10-17-7-4-5-8-18(17)15-19)21(25)24(3)13-6-9-20-22-12-14-23(20)2/h4-5,7-8,10-12,14-16H,6,9,13H2,1-3H3/t16-/m1/s1. The second-order valence-electron chi connectivity index (χ2n) is 6.59. The van der Waals surface area contributed by atoms with Gasteiger partial charge in [-0.05, 0) is 36.2 Å². The predicted octanol–water partition coefficient (Wildman–Crippen LogP) is 3.43.